The maximum absolute atomic E-state index is 6.07. The van der Waals surface area contributed by atoms with Crippen molar-refractivity contribution in [3.05, 3.63) is 35.1 Å². The summed E-state index contributed by atoms with van der Waals surface area (Å²) in [6.07, 6.45) is 3.12. The number of nitrogen functional groups attached to an aromatic ring is 1. The molecule has 1 aromatic rings. The Kier molecular flexibility index (Phi) is 3.77. The van der Waals surface area contributed by atoms with Crippen LogP contribution in [0.2, 0.25) is 0 Å². The molecule has 0 spiro atoms. The van der Waals surface area contributed by atoms with Crippen molar-refractivity contribution < 1.29 is 4.74 Å². The number of anilines is 1. The largest absolute Gasteiger partial charge is 0.507 e. The number of nitrogens with two attached hydrogens (primary N) is 1. The second-order valence-electron chi connectivity index (χ2n) is 4.38. The van der Waals surface area contributed by atoms with E-state index in [0.717, 1.165) is 36.3 Å². The Labute approximate surface area is 104 Å². The summed E-state index contributed by atoms with van der Waals surface area (Å²) < 4.78 is 5.66. The molecular weight excluding hydrogens is 209 g/mol. The Hall–Kier alpha value is -1.38. The predicted molar refractivity (Wildman–Crippen MR) is 73.8 cm³/mol. The molecule has 2 N–H and O–H groups in total. The molecule has 1 aliphatic heterocycles. The lowest BCUT2D eigenvalue weighted by molar-refractivity contribution is 0.265. The molecule has 0 bridgehead atoms. The lowest BCUT2D eigenvalue weighted by Crippen LogP contribution is -2.00. The summed E-state index contributed by atoms with van der Waals surface area (Å²) in [6.45, 7) is 5.00. The second-order valence-corrected chi connectivity index (χ2v) is 4.38. The van der Waals surface area contributed by atoms with Crippen molar-refractivity contribution in [2.45, 2.75) is 33.1 Å². The van der Waals surface area contributed by atoms with E-state index >= 15 is 0 Å². The third-order valence-electron chi connectivity index (χ3n) is 3.14. The Morgan fingerprint density at radius 2 is 2.18 bits per heavy atom. The van der Waals surface area contributed by atoms with Crippen LogP contribution in [0, 0.1) is 0 Å². The van der Waals surface area contributed by atoms with Crippen LogP contribution < -0.4 is 5.73 Å². The number of allylic oxidation sites excluding steroid dienone is 1. The summed E-state index contributed by atoms with van der Waals surface area (Å²) in [6, 6.07) is 6.27. The number of rotatable bonds is 4. The Balaban J connectivity index is 2.41. The molecule has 3 heteroatoms. The van der Waals surface area contributed by atoms with E-state index in [9.17, 15) is 0 Å². The van der Waals surface area contributed by atoms with Gasteiger partial charge in [0.2, 0.25) is 7.28 Å². The van der Waals surface area contributed by atoms with E-state index < -0.39 is 0 Å². The first-order valence-corrected chi connectivity index (χ1v) is 6.34. The third-order valence-corrected chi connectivity index (χ3v) is 3.14. The molecule has 1 radical (unpaired) electrons. The molecule has 0 atom stereocenters. The highest BCUT2D eigenvalue weighted by molar-refractivity contribution is 6.62. The van der Waals surface area contributed by atoms with Gasteiger partial charge in [-0.15, -0.1) is 0 Å². The molecule has 0 aromatic heterocycles. The maximum atomic E-state index is 6.07. The summed E-state index contributed by atoms with van der Waals surface area (Å²) in [5, 5.41) is 0. The minimum Gasteiger partial charge on any atom is -0.507 e. The van der Waals surface area contributed by atoms with Gasteiger partial charge in [0.1, 0.15) is 0 Å². The van der Waals surface area contributed by atoms with E-state index in [4.69, 9.17) is 10.5 Å². The minimum absolute atomic E-state index is 0.681. The Morgan fingerprint density at radius 3 is 2.88 bits per heavy atom. The van der Waals surface area contributed by atoms with Gasteiger partial charge in [0, 0.05) is 12.1 Å². The summed E-state index contributed by atoms with van der Waals surface area (Å²) in [4.78, 5) is 0. The van der Waals surface area contributed by atoms with Gasteiger partial charge in [-0.05, 0) is 35.5 Å². The van der Waals surface area contributed by atoms with Gasteiger partial charge in [-0.2, -0.15) is 0 Å². The quantitative estimate of drug-likeness (QED) is 0.635. The van der Waals surface area contributed by atoms with Crippen molar-refractivity contribution >= 4 is 18.4 Å². The molecule has 0 amide bonds. The molecule has 89 valence electrons. The van der Waals surface area contributed by atoms with E-state index in [0.29, 0.717) is 6.51 Å². The first-order valence-electron chi connectivity index (χ1n) is 6.34. The highest BCUT2D eigenvalue weighted by Gasteiger charge is 2.19. The first kappa shape index (κ1) is 12.1. The number of hydrogen-bond donors (Lipinski definition) is 1. The molecule has 0 aliphatic carbocycles. The number of ether oxygens (including phenoxy) is 1. The van der Waals surface area contributed by atoms with Crippen molar-refractivity contribution in [3.8, 4) is 0 Å². The number of hydrogen-bond acceptors (Lipinski definition) is 2. The van der Waals surface area contributed by atoms with Crippen LogP contribution in [-0.4, -0.2) is 13.8 Å². The fourth-order valence-corrected chi connectivity index (χ4v) is 2.17. The van der Waals surface area contributed by atoms with Crippen LogP contribution in [0.25, 0.3) is 5.47 Å². The third kappa shape index (κ3) is 2.49. The molecular formula is C14H19BNO. The molecule has 0 unspecified atom stereocenters. The highest BCUT2D eigenvalue weighted by Crippen LogP contribution is 2.30. The fourth-order valence-electron chi connectivity index (χ4n) is 2.17. The normalized spacial score (nSPS) is 14.7. The SMILES string of the molecule is CCCC1=C(c2cc(CC)ccc2N)[B]CO1. The molecule has 0 fully saturated rings. The topological polar surface area (TPSA) is 35.2 Å². The smallest absolute Gasteiger partial charge is 0.207 e. The second kappa shape index (κ2) is 5.30. The zero-order valence-corrected chi connectivity index (χ0v) is 10.6. The van der Waals surface area contributed by atoms with Crippen LogP contribution in [0.4, 0.5) is 5.69 Å². The van der Waals surface area contributed by atoms with Crippen LogP contribution in [0.15, 0.2) is 24.0 Å². The van der Waals surface area contributed by atoms with Gasteiger partial charge in [-0.3, -0.25) is 0 Å². The van der Waals surface area contributed by atoms with Crippen LogP contribution in [0.3, 0.4) is 0 Å². The van der Waals surface area contributed by atoms with Crippen LogP contribution >= 0.6 is 0 Å². The summed E-state index contributed by atoms with van der Waals surface area (Å²) >= 11 is 0. The van der Waals surface area contributed by atoms with Crippen molar-refractivity contribution in [2.75, 3.05) is 12.2 Å². The summed E-state index contributed by atoms with van der Waals surface area (Å²) in [7, 11) is 2.14. The zero-order chi connectivity index (χ0) is 12.3. The van der Waals surface area contributed by atoms with Gasteiger partial charge in [-0.25, -0.2) is 0 Å². The van der Waals surface area contributed by atoms with Gasteiger partial charge in [0.05, 0.1) is 12.3 Å². The van der Waals surface area contributed by atoms with E-state index in [1.165, 1.54) is 11.0 Å². The summed E-state index contributed by atoms with van der Waals surface area (Å²) in [5.41, 5.74) is 10.6. The molecule has 1 aromatic carbocycles. The molecule has 0 saturated carbocycles. The van der Waals surface area contributed by atoms with Crippen molar-refractivity contribution in [3.63, 3.8) is 0 Å². The van der Waals surface area contributed by atoms with Gasteiger partial charge >= 0.3 is 0 Å². The number of aryl methyl sites for hydroxylation is 1. The molecule has 17 heavy (non-hydrogen) atoms. The van der Waals surface area contributed by atoms with Gasteiger partial charge in [-0.1, -0.05) is 26.0 Å². The van der Waals surface area contributed by atoms with E-state index in [2.05, 4.69) is 33.3 Å². The number of benzene rings is 1. The van der Waals surface area contributed by atoms with Gasteiger partial charge in [0.25, 0.3) is 0 Å². The van der Waals surface area contributed by atoms with Crippen molar-refractivity contribution in [1.29, 1.82) is 0 Å². The van der Waals surface area contributed by atoms with Crippen LogP contribution in [0.1, 0.15) is 37.8 Å². The van der Waals surface area contributed by atoms with Gasteiger partial charge in [0.15, 0.2) is 0 Å². The average Bonchev–Trinajstić information content (AvgIpc) is 2.78. The Morgan fingerprint density at radius 1 is 1.35 bits per heavy atom. The van der Waals surface area contributed by atoms with E-state index in [1.54, 1.807) is 0 Å². The lowest BCUT2D eigenvalue weighted by Gasteiger charge is -2.10. The average molecular weight is 228 g/mol. The molecule has 0 saturated heterocycles. The lowest BCUT2D eigenvalue weighted by atomic mass is 9.68. The minimum atomic E-state index is 0.681. The first-order chi connectivity index (χ1) is 8.26. The van der Waals surface area contributed by atoms with Crippen molar-refractivity contribution in [2.24, 2.45) is 0 Å². The Bertz CT molecular complexity index is 440. The van der Waals surface area contributed by atoms with E-state index in [-0.39, 0.29) is 0 Å². The molecule has 2 rings (SSSR count). The van der Waals surface area contributed by atoms with E-state index in [1.807, 2.05) is 6.07 Å². The zero-order valence-electron chi connectivity index (χ0n) is 10.6. The molecule has 1 heterocycles. The standard InChI is InChI=1S/C14H19BNO/c1-3-5-13-14(15-9-17-13)11-8-10(4-2)6-7-12(11)16/h6-8H,3-5,9,16H2,1-2H3. The van der Waals surface area contributed by atoms with Crippen LogP contribution in [-0.2, 0) is 11.2 Å². The predicted octanol–water partition coefficient (Wildman–Crippen LogP) is 2.99. The van der Waals surface area contributed by atoms with Gasteiger partial charge < -0.3 is 10.5 Å². The van der Waals surface area contributed by atoms with Crippen molar-refractivity contribution in [1.82, 2.24) is 0 Å². The maximum Gasteiger partial charge on any atom is 0.207 e. The summed E-state index contributed by atoms with van der Waals surface area (Å²) in [5.74, 6) is 1.09. The molecule has 2 nitrogen and oxygen atoms in total. The highest BCUT2D eigenvalue weighted by atomic mass is 16.5. The fraction of sp³-hybridized carbons (Fsp3) is 0.429. The molecule has 1 aliphatic rings. The monoisotopic (exact) mass is 228 g/mol. The van der Waals surface area contributed by atoms with Crippen LogP contribution in [0.5, 0.6) is 0 Å².